The summed E-state index contributed by atoms with van der Waals surface area (Å²) in [5, 5.41) is 5.54. The molecule has 1 fully saturated rings. The fourth-order valence-electron chi connectivity index (χ4n) is 3.65. The number of nitrogens with zero attached hydrogens (tertiary/aromatic N) is 2. The van der Waals surface area contributed by atoms with E-state index in [1.807, 2.05) is 63.7 Å². The van der Waals surface area contributed by atoms with Crippen molar-refractivity contribution in [3.8, 4) is 5.75 Å². The van der Waals surface area contributed by atoms with Gasteiger partial charge in [0.1, 0.15) is 12.4 Å². The number of aryl methyl sites for hydroxylation is 1. The van der Waals surface area contributed by atoms with Crippen molar-refractivity contribution in [3.63, 3.8) is 0 Å². The minimum Gasteiger partial charge on any atom is -0.492 e. The molecule has 1 saturated carbocycles. The number of nitrogens with one attached hydrogen (secondary N) is 1. The van der Waals surface area contributed by atoms with E-state index in [1.165, 1.54) is 0 Å². The van der Waals surface area contributed by atoms with Gasteiger partial charge in [0.25, 0.3) is 5.91 Å². The second kappa shape index (κ2) is 7.84. The average Bonchev–Trinajstić information content (AvgIpc) is 3.49. The maximum absolute atomic E-state index is 13.2. The third kappa shape index (κ3) is 4.10. The number of likely N-dealkylation sites (N-methyl/N-ethyl adjacent to an activating group) is 1. The normalized spacial score (nSPS) is 14.8. The first-order valence-electron chi connectivity index (χ1n) is 10.0. The lowest BCUT2D eigenvalue weighted by molar-refractivity contribution is 0.0930. The number of hydrogen-bond donors (Lipinski definition) is 1. The molecule has 0 saturated heterocycles. The summed E-state index contributed by atoms with van der Waals surface area (Å²) in [5.74, 6) is 0.658. The van der Waals surface area contributed by atoms with Crippen LogP contribution in [0.15, 0.2) is 54.9 Å². The van der Waals surface area contributed by atoms with E-state index in [0.29, 0.717) is 12.2 Å². The van der Waals surface area contributed by atoms with Gasteiger partial charge in [-0.1, -0.05) is 30.3 Å². The second-order valence-electron chi connectivity index (χ2n) is 8.07. The van der Waals surface area contributed by atoms with E-state index in [1.54, 1.807) is 0 Å². The maximum atomic E-state index is 13.2. The van der Waals surface area contributed by atoms with Gasteiger partial charge in [-0.25, -0.2) is 0 Å². The van der Waals surface area contributed by atoms with Crippen molar-refractivity contribution >= 4 is 16.7 Å². The fraction of sp³-hybridized carbons (Fsp3) is 0.333. The first-order chi connectivity index (χ1) is 14.0. The molecule has 5 nitrogen and oxygen atoms in total. The van der Waals surface area contributed by atoms with Gasteiger partial charge in [-0.15, -0.1) is 0 Å². The zero-order valence-corrected chi connectivity index (χ0v) is 17.2. The average molecular weight is 389 g/mol. The van der Waals surface area contributed by atoms with Gasteiger partial charge in [0.15, 0.2) is 0 Å². The van der Waals surface area contributed by atoms with Crippen molar-refractivity contribution < 1.29 is 9.53 Å². The molecule has 1 aliphatic carbocycles. The van der Waals surface area contributed by atoms with Crippen LogP contribution in [0.5, 0.6) is 5.75 Å². The van der Waals surface area contributed by atoms with E-state index in [0.717, 1.165) is 47.0 Å². The van der Waals surface area contributed by atoms with Crippen LogP contribution in [0.3, 0.4) is 0 Å². The summed E-state index contributed by atoms with van der Waals surface area (Å²) in [4.78, 5) is 19.6. The molecule has 1 N–H and O–H groups in total. The Labute approximate surface area is 171 Å². The summed E-state index contributed by atoms with van der Waals surface area (Å²) < 4.78 is 5.82. The molecule has 150 valence electrons. The number of carbonyl (C=O) groups is 1. The molecule has 0 radical (unpaired) electrons. The quantitative estimate of drug-likeness (QED) is 0.666. The summed E-state index contributed by atoms with van der Waals surface area (Å²) in [6.07, 6.45) is 5.61. The van der Waals surface area contributed by atoms with Gasteiger partial charge >= 0.3 is 0 Å². The number of amides is 1. The molecule has 1 aliphatic rings. The topological polar surface area (TPSA) is 54.5 Å². The number of fused-ring (bicyclic) bond motifs is 1. The molecular formula is C24H27N3O2. The van der Waals surface area contributed by atoms with Crippen LogP contribution in [-0.4, -0.2) is 43.0 Å². The molecule has 5 heteroatoms. The Hall–Kier alpha value is -2.92. The van der Waals surface area contributed by atoms with Gasteiger partial charge in [-0.2, -0.15) is 0 Å². The molecule has 2 aromatic carbocycles. The number of aromatic nitrogens is 1. The van der Waals surface area contributed by atoms with E-state index in [4.69, 9.17) is 4.74 Å². The molecule has 1 aromatic heterocycles. The summed E-state index contributed by atoms with van der Waals surface area (Å²) in [6, 6.07) is 13.9. The molecule has 3 aromatic rings. The summed E-state index contributed by atoms with van der Waals surface area (Å²) in [5.41, 5.74) is 2.36. The predicted molar refractivity (Wildman–Crippen MR) is 115 cm³/mol. The highest BCUT2D eigenvalue weighted by molar-refractivity contribution is 5.97. The smallest absolute Gasteiger partial charge is 0.252 e. The van der Waals surface area contributed by atoms with Crippen LogP contribution in [0.4, 0.5) is 0 Å². The molecule has 0 spiro atoms. The Morgan fingerprint density at radius 1 is 1.17 bits per heavy atom. The third-order valence-electron chi connectivity index (χ3n) is 5.55. The molecule has 1 heterocycles. The van der Waals surface area contributed by atoms with Gasteiger partial charge in [0.2, 0.25) is 0 Å². The lowest BCUT2D eigenvalue weighted by Gasteiger charge is -2.20. The Morgan fingerprint density at radius 2 is 1.97 bits per heavy atom. The molecule has 29 heavy (non-hydrogen) atoms. The van der Waals surface area contributed by atoms with E-state index in [9.17, 15) is 4.79 Å². The van der Waals surface area contributed by atoms with E-state index < -0.39 is 0 Å². The second-order valence-corrected chi connectivity index (χ2v) is 8.07. The summed E-state index contributed by atoms with van der Waals surface area (Å²) >= 11 is 0. The van der Waals surface area contributed by atoms with Crippen LogP contribution >= 0.6 is 0 Å². The first-order valence-corrected chi connectivity index (χ1v) is 10.0. The lowest BCUT2D eigenvalue weighted by atomic mass is 9.99. The van der Waals surface area contributed by atoms with Gasteiger partial charge in [0, 0.05) is 35.5 Å². The maximum Gasteiger partial charge on any atom is 0.252 e. The van der Waals surface area contributed by atoms with Crippen LogP contribution in [0.2, 0.25) is 0 Å². The number of benzene rings is 2. The summed E-state index contributed by atoms with van der Waals surface area (Å²) in [6.45, 7) is 3.37. The Bertz CT molecular complexity index is 1040. The zero-order chi connectivity index (χ0) is 20.4. The highest BCUT2D eigenvalue weighted by Crippen LogP contribution is 2.47. The number of hydrogen-bond acceptors (Lipinski definition) is 4. The van der Waals surface area contributed by atoms with Crippen LogP contribution in [0.25, 0.3) is 10.8 Å². The number of carbonyl (C=O) groups excluding carboxylic acids is 1. The van der Waals surface area contributed by atoms with Crippen LogP contribution in [-0.2, 0) is 5.54 Å². The number of rotatable bonds is 7. The minimum atomic E-state index is -0.334. The Kier molecular flexibility index (Phi) is 5.24. The van der Waals surface area contributed by atoms with Crippen molar-refractivity contribution in [2.24, 2.45) is 0 Å². The lowest BCUT2D eigenvalue weighted by Crippen LogP contribution is -2.35. The van der Waals surface area contributed by atoms with Crippen LogP contribution in [0.1, 0.15) is 34.3 Å². The molecule has 4 rings (SSSR count). The van der Waals surface area contributed by atoms with Gasteiger partial charge < -0.3 is 15.0 Å². The van der Waals surface area contributed by atoms with Crippen LogP contribution < -0.4 is 10.1 Å². The van der Waals surface area contributed by atoms with E-state index >= 15 is 0 Å². The Balaban J connectivity index is 1.56. The van der Waals surface area contributed by atoms with E-state index in [-0.39, 0.29) is 11.4 Å². The molecule has 0 bridgehead atoms. The predicted octanol–water partition coefficient (Wildman–Crippen LogP) is 3.90. The molecule has 1 amide bonds. The number of ether oxygens (including phenoxy) is 1. The molecule has 0 atom stereocenters. The van der Waals surface area contributed by atoms with Gasteiger partial charge in [-0.05, 0) is 56.9 Å². The zero-order valence-electron chi connectivity index (χ0n) is 17.2. The summed E-state index contributed by atoms with van der Waals surface area (Å²) in [7, 11) is 4.02. The van der Waals surface area contributed by atoms with Crippen molar-refractivity contribution in [1.82, 2.24) is 15.2 Å². The number of pyridine rings is 1. The Morgan fingerprint density at radius 3 is 2.72 bits per heavy atom. The SMILES string of the molecule is Cc1ccc(OCCN(C)C)cc1C(=O)NC1(c2cncc3ccccc23)CC1. The van der Waals surface area contributed by atoms with Gasteiger partial charge in [-0.3, -0.25) is 9.78 Å². The van der Waals surface area contributed by atoms with E-state index in [2.05, 4.69) is 27.3 Å². The molecule has 0 unspecified atom stereocenters. The standard InChI is InChI=1S/C24H27N3O2/c1-17-8-9-19(29-13-12-27(2)3)14-21(17)23(28)26-24(10-11-24)22-16-25-15-18-6-4-5-7-20(18)22/h4-9,14-16H,10-13H2,1-3H3,(H,26,28). The minimum absolute atomic E-state index is 0.0639. The first kappa shape index (κ1) is 19.4. The largest absolute Gasteiger partial charge is 0.492 e. The monoisotopic (exact) mass is 389 g/mol. The highest BCUT2D eigenvalue weighted by Gasteiger charge is 2.47. The van der Waals surface area contributed by atoms with Crippen molar-refractivity contribution in [2.45, 2.75) is 25.3 Å². The van der Waals surface area contributed by atoms with Crippen LogP contribution in [0, 0.1) is 6.92 Å². The fourth-order valence-corrected chi connectivity index (χ4v) is 3.65. The molecule has 0 aliphatic heterocycles. The van der Waals surface area contributed by atoms with Gasteiger partial charge in [0.05, 0.1) is 5.54 Å². The third-order valence-corrected chi connectivity index (χ3v) is 5.55. The highest BCUT2D eigenvalue weighted by atomic mass is 16.5. The van der Waals surface area contributed by atoms with Crippen molar-refractivity contribution in [3.05, 3.63) is 71.5 Å². The van der Waals surface area contributed by atoms with Crippen molar-refractivity contribution in [1.29, 1.82) is 0 Å². The van der Waals surface area contributed by atoms with Crippen molar-refractivity contribution in [2.75, 3.05) is 27.2 Å². The molecular weight excluding hydrogens is 362 g/mol.